The molecule has 1 aromatic rings. The van der Waals surface area contributed by atoms with Gasteiger partial charge < -0.3 is 16.5 Å². The lowest BCUT2D eigenvalue weighted by atomic mass is 10.3. The maximum atomic E-state index is 8.74. The average molecular weight is 251 g/mol. The van der Waals surface area contributed by atoms with Crippen molar-refractivity contribution in [2.24, 2.45) is 16.5 Å². The van der Waals surface area contributed by atoms with Gasteiger partial charge in [-0.1, -0.05) is 0 Å². The summed E-state index contributed by atoms with van der Waals surface area (Å²) in [6.07, 6.45) is 4.17. The monoisotopic (exact) mass is 251 g/mol. The van der Waals surface area contributed by atoms with Crippen LogP contribution >= 0.6 is 0 Å². The van der Waals surface area contributed by atoms with E-state index in [2.05, 4.69) is 15.0 Å². The molecule has 0 amide bonds. The number of rotatable bonds is 3. The number of hydrogen-bond acceptors (Lipinski definition) is 4. The van der Waals surface area contributed by atoms with Crippen molar-refractivity contribution in [3.05, 3.63) is 18.2 Å². The maximum absolute atomic E-state index is 8.74. The molecular weight excluding hydrogens is 238 g/mol. The Bertz CT molecular complexity index is 400. The minimum absolute atomic E-state index is 0.129. The Morgan fingerprint density at radius 1 is 1.50 bits per heavy atom. The second-order valence-corrected chi connectivity index (χ2v) is 3.48. The van der Waals surface area contributed by atoms with Gasteiger partial charge in [-0.05, 0) is 0 Å². The van der Waals surface area contributed by atoms with Gasteiger partial charge >= 0.3 is 10.4 Å². The van der Waals surface area contributed by atoms with Crippen molar-refractivity contribution in [1.29, 1.82) is 0 Å². The van der Waals surface area contributed by atoms with E-state index in [1.807, 2.05) is 0 Å². The topological polar surface area (TPSA) is 168 Å². The van der Waals surface area contributed by atoms with Gasteiger partial charge in [0, 0.05) is 24.9 Å². The summed E-state index contributed by atoms with van der Waals surface area (Å²) in [5, 5.41) is 0. The maximum Gasteiger partial charge on any atom is 0.394 e. The van der Waals surface area contributed by atoms with Crippen LogP contribution in [0.3, 0.4) is 0 Å². The first-order valence-corrected chi connectivity index (χ1v) is 5.41. The Morgan fingerprint density at radius 2 is 2.06 bits per heavy atom. The summed E-state index contributed by atoms with van der Waals surface area (Å²) in [5.74, 6) is 0.129. The van der Waals surface area contributed by atoms with Crippen LogP contribution in [0.1, 0.15) is 5.69 Å². The van der Waals surface area contributed by atoms with Gasteiger partial charge in [0.15, 0.2) is 5.96 Å². The third kappa shape index (κ3) is 12.3. The molecule has 10 heteroatoms. The number of aromatic nitrogens is 2. The molecule has 1 rings (SSSR count). The quantitative estimate of drug-likeness (QED) is 0.249. The molecule has 0 aliphatic heterocycles. The van der Waals surface area contributed by atoms with Crippen LogP contribution in [-0.4, -0.2) is 40.0 Å². The highest BCUT2D eigenvalue weighted by Gasteiger charge is 1.90. The lowest BCUT2D eigenvalue weighted by Crippen LogP contribution is -2.23. The number of H-pyrrole nitrogens is 1. The van der Waals surface area contributed by atoms with Crippen LogP contribution in [0.2, 0.25) is 0 Å². The van der Waals surface area contributed by atoms with E-state index < -0.39 is 10.4 Å². The molecule has 0 saturated heterocycles. The summed E-state index contributed by atoms with van der Waals surface area (Å²) >= 11 is 0. The fourth-order valence-electron chi connectivity index (χ4n) is 0.727. The minimum Gasteiger partial charge on any atom is -0.370 e. The van der Waals surface area contributed by atoms with Crippen molar-refractivity contribution in [2.45, 2.75) is 6.42 Å². The summed E-state index contributed by atoms with van der Waals surface area (Å²) in [7, 11) is -4.67. The molecular formula is C6H13N5O4S. The van der Waals surface area contributed by atoms with E-state index in [4.69, 9.17) is 29.0 Å². The molecule has 0 aliphatic carbocycles. The second kappa shape index (κ2) is 6.76. The number of nitrogens with zero attached hydrogens (tertiary/aromatic N) is 2. The Balaban J connectivity index is 0.000000385. The van der Waals surface area contributed by atoms with Crippen LogP contribution in [0, 0.1) is 0 Å². The van der Waals surface area contributed by atoms with Gasteiger partial charge in [-0.15, -0.1) is 0 Å². The van der Waals surface area contributed by atoms with E-state index in [9.17, 15) is 0 Å². The summed E-state index contributed by atoms with van der Waals surface area (Å²) in [6, 6.07) is 0. The van der Waals surface area contributed by atoms with E-state index in [1.165, 1.54) is 0 Å². The van der Waals surface area contributed by atoms with Crippen LogP contribution < -0.4 is 11.5 Å². The molecule has 0 fully saturated rings. The Hall–Kier alpha value is -1.65. The normalized spacial score (nSPS) is 10.1. The van der Waals surface area contributed by atoms with Crippen LogP contribution in [-0.2, 0) is 16.8 Å². The zero-order chi connectivity index (χ0) is 12.6. The second-order valence-electron chi connectivity index (χ2n) is 2.58. The number of imidazole rings is 1. The zero-order valence-corrected chi connectivity index (χ0v) is 9.05. The predicted octanol–water partition coefficient (Wildman–Crippen LogP) is -1.43. The Morgan fingerprint density at radius 3 is 2.44 bits per heavy atom. The molecule has 92 valence electrons. The molecule has 9 nitrogen and oxygen atoms in total. The van der Waals surface area contributed by atoms with Crippen LogP contribution in [0.4, 0.5) is 0 Å². The van der Waals surface area contributed by atoms with Gasteiger partial charge in [-0.25, -0.2) is 4.98 Å². The number of guanidine groups is 1. The first-order valence-electron chi connectivity index (χ1n) is 4.01. The van der Waals surface area contributed by atoms with Crippen LogP contribution in [0.25, 0.3) is 0 Å². The van der Waals surface area contributed by atoms with Crippen molar-refractivity contribution in [3.63, 3.8) is 0 Å². The smallest absolute Gasteiger partial charge is 0.370 e. The van der Waals surface area contributed by atoms with Crippen LogP contribution in [0.15, 0.2) is 17.5 Å². The summed E-state index contributed by atoms with van der Waals surface area (Å²) < 4.78 is 31.6. The molecule has 0 unspecified atom stereocenters. The number of aliphatic imine (C=N–C) groups is 1. The number of hydrogen-bond donors (Lipinski definition) is 5. The van der Waals surface area contributed by atoms with E-state index >= 15 is 0 Å². The fraction of sp³-hybridized carbons (Fsp3) is 0.333. The Labute approximate surface area is 92.2 Å². The molecule has 0 spiro atoms. The lowest BCUT2D eigenvalue weighted by Gasteiger charge is -1.92. The van der Waals surface area contributed by atoms with Gasteiger partial charge in [-0.2, -0.15) is 8.42 Å². The molecule has 1 heterocycles. The van der Waals surface area contributed by atoms with Crippen molar-refractivity contribution in [3.8, 4) is 0 Å². The SMILES string of the molecule is NC(N)=NCCc1cnc[nH]1.O=S(=O)(O)O. The summed E-state index contributed by atoms with van der Waals surface area (Å²) in [4.78, 5) is 10.6. The van der Waals surface area contributed by atoms with E-state index in [0.717, 1.165) is 12.1 Å². The molecule has 1 aromatic heterocycles. The summed E-state index contributed by atoms with van der Waals surface area (Å²) in [6.45, 7) is 0.602. The van der Waals surface area contributed by atoms with E-state index in [0.29, 0.717) is 6.54 Å². The predicted molar refractivity (Wildman–Crippen MR) is 57.1 cm³/mol. The first-order chi connectivity index (χ1) is 7.29. The Kier molecular flexibility index (Phi) is 6.07. The van der Waals surface area contributed by atoms with Gasteiger partial charge in [-0.3, -0.25) is 14.1 Å². The molecule has 0 atom stereocenters. The number of nitrogens with one attached hydrogen (secondary N) is 1. The number of aromatic amines is 1. The first kappa shape index (κ1) is 14.3. The van der Waals surface area contributed by atoms with Crippen molar-refractivity contribution >= 4 is 16.4 Å². The summed E-state index contributed by atoms with van der Waals surface area (Å²) in [5.41, 5.74) is 11.3. The molecule has 16 heavy (non-hydrogen) atoms. The average Bonchev–Trinajstić information content (AvgIpc) is 2.52. The third-order valence-corrected chi connectivity index (χ3v) is 1.23. The van der Waals surface area contributed by atoms with Crippen molar-refractivity contribution < 1.29 is 17.5 Å². The van der Waals surface area contributed by atoms with Crippen molar-refractivity contribution in [1.82, 2.24) is 9.97 Å². The molecule has 0 bridgehead atoms. The van der Waals surface area contributed by atoms with Crippen molar-refractivity contribution in [2.75, 3.05) is 6.54 Å². The highest BCUT2D eigenvalue weighted by molar-refractivity contribution is 7.79. The van der Waals surface area contributed by atoms with Gasteiger partial charge in [0.1, 0.15) is 0 Å². The molecule has 0 aromatic carbocycles. The largest absolute Gasteiger partial charge is 0.394 e. The molecule has 0 radical (unpaired) electrons. The molecule has 0 saturated carbocycles. The molecule has 7 N–H and O–H groups in total. The fourth-order valence-corrected chi connectivity index (χ4v) is 0.727. The molecule has 0 aliphatic rings. The lowest BCUT2D eigenvalue weighted by molar-refractivity contribution is 0.381. The number of nitrogens with two attached hydrogens (primary N) is 2. The third-order valence-electron chi connectivity index (χ3n) is 1.23. The highest BCUT2D eigenvalue weighted by Crippen LogP contribution is 1.91. The standard InChI is InChI=1S/C6H11N5.H2O4S/c7-6(8)10-2-1-5-3-9-4-11-5;1-5(2,3)4/h3-4H,1-2H2,(H,9,11)(H4,7,8,10);(H2,1,2,3,4). The highest BCUT2D eigenvalue weighted by atomic mass is 32.3. The van der Waals surface area contributed by atoms with E-state index in [1.54, 1.807) is 12.5 Å². The van der Waals surface area contributed by atoms with E-state index in [-0.39, 0.29) is 5.96 Å². The van der Waals surface area contributed by atoms with Gasteiger partial charge in [0.05, 0.1) is 6.33 Å². The zero-order valence-electron chi connectivity index (χ0n) is 8.24. The minimum atomic E-state index is -4.67. The van der Waals surface area contributed by atoms with Gasteiger partial charge in [0.2, 0.25) is 0 Å². The van der Waals surface area contributed by atoms with Gasteiger partial charge in [0.25, 0.3) is 0 Å². The van der Waals surface area contributed by atoms with Crippen LogP contribution in [0.5, 0.6) is 0 Å².